The molecule has 1 unspecified atom stereocenters. The fourth-order valence-electron chi connectivity index (χ4n) is 2.46. The van der Waals surface area contributed by atoms with Crippen molar-refractivity contribution in [2.24, 2.45) is 9.89 Å². The van der Waals surface area contributed by atoms with Crippen molar-refractivity contribution in [3.05, 3.63) is 65.7 Å². The summed E-state index contributed by atoms with van der Waals surface area (Å²) in [4.78, 5) is 37.4. The topological polar surface area (TPSA) is 139 Å². The average molecular weight is 432 g/mol. The Morgan fingerprint density at radius 1 is 0.967 bits per heavy atom. The van der Waals surface area contributed by atoms with Gasteiger partial charge in [0.15, 0.2) is 0 Å². The van der Waals surface area contributed by atoms with E-state index < -0.39 is 39.2 Å². The average Bonchev–Trinajstić information content (AvgIpc) is 2.68. The molecule has 0 radical (unpaired) electrons. The summed E-state index contributed by atoms with van der Waals surface area (Å²) in [5, 5.41) is 9.91. The standard InChI is InChI=1S/C20H20N2O7S/c1-19(2,3)18(26)29-15-11-9-14(10-12-15)20(17(24)25,21-22-30(27)28)16(23)13-7-5-4-6-8-13/h4-12,21H,1-3H3,(H,24,25). The summed E-state index contributed by atoms with van der Waals surface area (Å²) in [5.41, 5.74) is -1.36. The van der Waals surface area contributed by atoms with Crippen LogP contribution in [0.2, 0.25) is 0 Å². The van der Waals surface area contributed by atoms with E-state index >= 15 is 0 Å². The number of rotatable bonds is 7. The van der Waals surface area contributed by atoms with Crippen molar-refractivity contribution in [3.8, 4) is 5.75 Å². The number of Topliss-reactive ketones (excluding diaryl/α,β-unsaturated/α-hetero) is 1. The highest BCUT2D eigenvalue weighted by molar-refractivity contribution is 7.61. The molecular weight excluding hydrogens is 412 g/mol. The summed E-state index contributed by atoms with van der Waals surface area (Å²) in [6, 6.07) is 12.6. The van der Waals surface area contributed by atoms with Crippen LogP contribution in [0.25, 0.3) is 0 Å². The van der Waals surface area contributed by atoms with Gasteiger partial charge in [0.2, 0.25) is 11.3 Å². The molecule has 0 bridgehead atoms. The van der Waals surface area contributed by atoms with Crippen molar-refractivity contribution in [3.63, 3.8) is 0 Å². The maximum atomic E-state index is 13.1. The molecule has 1 atom stereocenters. The van der Waals surface area contributed by atoms with E-state index in [-0.39, 0.29) is 16.9 Å². The first-order chi connectivity index (χ1) is 14.0. The molecule has 0 amide bonds. The van der Waals surface area contributed by atoms with Crippen LogP contribution in [0.3, 0.4) is 0 Å². The molecule has 2 rings (SSSR count). The first-order valence-corrected chi connectivity index (χ1v) is 9.75. The number of nitrogens with one attached hydrogen (secondary N) is 1. The van der Waals surface area contributed by atoms with Gasteiger partial charge in [-0.3, -0.25) is 9.59 Å². The molecule has 0 saturated carbocycles. The third-order valence-electron chi connectivity index (χ3n) is 4.10. The SMILES string of the molecule is CC(C)(C)C(=O)Oc1ccc(C(NN=S(=O)=O)(C(=O)O)C(=O)c2ccccc2)cc1. The van der Waals surface area contributed by atoms with Gasteiger partial charge in [0.1, 0.15) is 5.75 Å². The van der Waals surface area contributed by atoms with Gasteiger partial charge in [0, 0.05) is 5.56 Å². The smallest absolute Gasteiger partial charge is 0.338 e. The predicted octanol–water partition coefficient (Wildman–Crippen LogP) is 2.37. The number of esters is 1. The van der Waals surface area contributed by atoms with Crippen molar-refractivity contribution >= 4 is 28.2 Å². The van der Waals surface area contributed by atoms with Crippen LogP contribution in [0.5, 0.6) is 5.75 Å². The third kappa shape index (κ3) is 4.97. The van der Waals surface area contributed by atoms with Gasteiger partial charge in [-0.15, -0.1) is 0 Å². The molecule has 0 aliphatic rings. The number of aliphatic carboxylic acids is 1. The number of hydrogen-bond donors (Lipinski definition) is 2. The molecule has 0 saturated heterocycles. The van der Waals surface area contributed by atoms with Gasteiger partial charge in [0.25, 0.3) is 0 Å². The number of carboxylic acids is 1. The molecule has 10 heteroatoms. The summed E-state index contributed by atoms with van der Waals surface area (Å²) in [6.07, 6.45) is 0. The van der Waals surface area contributed by atoms with Crippen molar-refractivity contribution in [2.75, 3.05) is 0 Å². The van der Waals surface area contributed by atoms with Crippen LogP contribution in [0.4, 0.5) is 0 Å². The number of benzene rings is 2. The molecule has 0 spiro atoms. The van der Waals surface area contributed by atoms with Gasteiger partial charge in [-0.05, 0) is 38.5 Å². The molecule has 0 aromatic heterocycles. The van der Waals surface area contributed by atoms with E-state index in [4.69, 9.17) is 4.74 Å². The Labute approximate surface area is 174 Å². The van der Waals surface area contributed by atoms with Crippen LogP contribution in [-0.2, 0) is 25.6 Å². The normalized spacial score (nSPS) is 13.0. The molecule has 0 aliphatic heterocycles. The Hall–Kier alpha value is -3.37. The van der Waals surface area contributed by atoms with Gasteiger partial charge in [-0.1, -0.05) is 46.9 Å². The van der Waals surface area contributed by atoms with Gasteiger partial charge < -0.3 is 9.84 Å². The van der Waals surface area contributed by atoms with E-state index in [9.17, 15) is 27.9 Å². The molecule has 2 aromatic carbocycles. The zero-order valence-electron chi connectivity index (χ0n) is 16.4. The highest BCUT2D eigenvalue weighted by Crippen LogP contribution is 2.29. The third-order valence-corrected chi connectivity index (χ3v) is 4.34. The van der Waals surface area contributed by atoms with Crippen LogP contribution in [-0.4, -0.2) is 31.2 Å². The lowest BCUT2D eigenvalue weighted by atomic mass is 9.83. The van der Waals surface area contributed by atoms with Crippen LogP contribution in [0.15, 0.2) is 59.1 Å². The van der Waals surface area contributed by atoms with E-state index in [0.717, 1.165) is 0 Å². The summed E-state index contributed by atoms with van der Waals surface area (Å²) in [5.74, 6) is -2.96. The van der Waals surface area contributed by atoms with E-state index in [1.165, 1.54) is 48.5 Å². The lowest BCUT2D eigenvalue weighted by molar-refractivity contribution is -0.144. The Morgan fingerprint density at radius 3 is 2.00 bits per heavy atom. The highest BCUT2D eigenvalue weighted by atomic mass is 32.2. The lowest BCUT2D eigenvalue weighted by Crippen LogP contribution is -2.53. The number of ketones is 1. The molecule has 0 aliphatic carbocycles. The van der Waals surface area contributed by atoms with Crippen LogP contribution < -0.4 is 10.2 Å². The van der Waals surface area contributed by atoms with Crippen LogP contribution in [0, 0.1) is 5.41 Å². The number of carbonyl (C=O) groups excluding carboxylic acids is 2. The zero-order chi connectivity index (χ0) is 22.5. The maximum Gasteiger partial charge on any atom is 0.338 e. The molecule has 0 fully saturated rings. The molecule has 0 heterocycles. The Balaban J connectivity index is 2.56. The van der Waals surface area contributed by atoms with E-state index in [0.29, 0.717) is 0 Å². The van der Waals surface area contributed by atoms with Gasteiger partial charge in [0.05, 0.1) is 5.41 Å². The fourth-order valence-corrected chi connectivity index (χ4v) is 2.67. The van der Waals surface area contributed by atoms with Gasteiger partial charge in [-0.2, -0.15) is 13.8 Å². The second-order valence-corrected chi connectivity index (χ2v) is 7.95. The predicted molar refractivity (Wildman–Crippen MR) is 106 cm³/mol. The minimum absolute atomic E-state index is 0.0301. The number of carboxylic acid groups (broad SMARTS) is 1. The molecular formula is C20H20N2O7S. The molecule has 158 valence electrons. The quantitative estimate of drug-likeness (QED) is 0.223. The summed E-state index contributed by atoms with van der Waals surface area (Å²) in [6.45, 7) is 5.02. The summed E-state index contributed by atoms with van der Waals surface area (Å²) < 4.78 is 30.1. The zero-order valence-corrected chi connectivity index (χ0v) is 17.3. The van der Waals surface area contributed by atoms with Crippen molar-refractivity contribution in [1.82, 2.24) is 5.43 Å². The fraction of sp³-hybridized carbons (Fsp3) is 0.250. The molecule has 9 nitrogen and oxygen atoms in total. The molecule has 2 N–H and O–H groups in total. The molecule has 2 aromatic rings. The van der Waals surface area contributed by atoms with Crippen molar-refractivity contribution < 1.29 is 32.6 Å². The van der Waals surface area contributed by atoms with Crippen LogP contribution >= 0.6 is 0 Å². The Morgan fingerprint density at radius 2 is 1.53 bits per heavy atom. The first-order valence-electron chi connectivity index (χ1n) is 8.72. The van der Waals surface area contributed by atoms with Gasteiger partial charge in [-0.25, -0.2) is 4.79 Å². The minimum atomic E-state index is -3.02. The summed E-state index contributed by atoms with van der Waals surface area (Å²) in [7, 11) is -3.02. The summed E-state index contributed by atoms with van der Waals surface area (Å²) >= 11 is 0. The van der Waals surface area contributed by atoms with E-state index in [2.05, 4.69) is 4.47 Å². The number of hydrogen-bond acceptors (Lipinski definition) is 7. The van der Waals surface area contributed by atoms with Crippen molar-refractivity contribution in [1.29, 1.82) is 0 Å². The van der Waals surface area contributed by atoms with Crippen molar-refractivity contribution in [2.45, 2.75) is 26.3 Å². The largest absolute Gasteiger partial charge is 0.479 e. The molecule has 30 heavy (non-hydrogen) atoms. The van der Waals surface area contributed by atoms with Gasteiger partial charge >= 0.3 is 22.4 Å². The monoisotopic (exact) mass is 432 g/mol. The second kappa shape index (κ2) is 8.97. The highest BCUT2D eigenvalue weighted by Gasteiger charge is 2.49. The minimum Gasteiger partial charge on any atom is -0.479 e. The number of nitrogens with zero attached hydrogens (tertiary/aromatic N) is 1. The van der Waals surface area contributed by atoms with Crippen LogP contribution in [0.1, 0.15) is 36.7 Å². The van der Waals surface area contributed by atoms with E-state index in [1.54, 1.807) is 26.8 Å². The number of ether oxygens (including phenoxy) is 1. The first kappa shape index (κ1) is 22.9. The Kier molecular flexibility index (Phi) is 6.85. The lowest BCUT2D eigenvalue weighted by Gasteiger charge is -2.27. The Bertz CT molecular complexity index is 1080. The second-order valence-electron chi connectivity index (χ2n) is 7.33. The van der Waals surface area contributed by atoms with E-state index in [1.807, 2.05) is 5.43 Å². The number of carbonyl (C=O) groups is 3. The maximum absolute atomic E-state index is 13.1.